The highest BCUT2D eigenvalue weighted by atomic mass is 16.5. The van der Waals surface area contributed by atoms with Gasteiger partial charge in [-0.05, 0) is 26.0 Å². The maximum Gasteiger partial charge on any atom is 0.291 e. The van der Waals surface area contributed by atoms with Crippen molar-refractivity contribution in [1.82, 2.24) is 5.16 Å². The fraction of sp³-hybridized carbons (Fsp3) is 0.444. The highest BCUT2D eigenvalue weighted by molar-refractivity contribution is 5.97. The third-order valence-electron chi connectivity index (χ3n) is 4.93. The maximum atomic E-state index is 13.0. The molecule has 4 rings (SSSR count). The molecule has 1 aromatic heterocycles. The van der Waals surface area contributed by atoms with Gasteiger partial charge in [-0.3, -0.25) is 4.79 Å². The zero-order valence-electron chi connectivity index (χ0n) is 14.0. The van der Waals surface area contributed by atoms with Crippen molar-refractivity contribution in [3.63, 3.8) is 0 Å². The average Bonchev–Trinajstić information content (AvgIpc) is 3.26. The van der Waals surface area contributed by atoms with E-state index in [4.69, 9.17) is 9.26 Å². The molecule has 0 saturated carbocycles. The molecular weight excluding hydrogens is 306 g/mol. The van der Waals surface area contributed by atoms with Gasteiger partial charge in [0.25, 0.3) is 5.91 Å². The topological polar surface area (TPSA) is 60.0 Å². The number of hydrogen-bond donors (Lipinski definition) is 1. The summed E-state index contributed by atoms with van der Waals surface area (Å²) in [6.45, 7) is 5.39. The van der Waals surface area contributed by atoms with E-state index in [0.717, 1.165) is 30.7 Å². The Morgan fingerprint density at radius 2 is 2.25 bits per heavy atom. The molecule has 1 N–H and O–H groups in total. The van der Waals surface area contributed by atoms with E-state index in [-0.39, 0.29) is 18.1 Å². The molecule has 126 valence electrons. The third-order valence-corrected chi connectivity index (χ3v) is 4.93. The molecule has 0 bridgehead atoms. The van der Waals surface area contributed by atoms with Crippen molar-refractivity contribution in [2.75, 3.05) is 18.1 Å². The SMILES string of the molecule is CCOc1ccccc1C1N(c2cc(C)on2)C(=O)C2CCC[NH+]21. The van der Waals surface area contributed by atoms with Crippen molar-refractivity contribution in [3.05, 3.63) is 41.7 Å². The number of quaternary nitrogens is 1. The minimum atomic E-state index is -0.114. The maximum absolute atomic E-state index is 13.0. The lowest BCUT2D eigenvalue weighted by molar-refractivity contribution is -0.924. The lowest BCUT2D eigenvalue weighted by atomic mass is 10.1. The first kappa shape index (κ1) is 15.2. The molecule has 3 unspecified atom stereocenters. The fourth-order valence-electron chi connectivity index (χ4n) is 3.98. The first-order valence-electron chi connectivity index (χ1n) is 8.54. The number of rotatable bonds is 4. The smallest absolute Gasteiger partial charge is 0.291 e. The number of carbonyl (C=O) groups is 1. The van der Waals surface area contributed by atoms with Crippen LogP contribution in [0, 0.1) is 6.92 Å². The van der Waals surface area contributed by atoms with Gasteiger partial charge < -0.3 is 14.2 Å². The summed E-state index contributed by atoms with van der Waals surface area (Å²) in [4.78, 5) is 16.1. The van der Waals surface area contributed by atoms with Crippen LogP contribution in [0.5, 0.6) is 5.75 Å². The van der Waals surface area contributed by atoms with E-state index < -0.39 is 0 Å². The van der Waals surface area contributed by atoms with Crippen LogP contribution in [-0.2, 0) is 4.79 Å². The highest BCUT2D eigenvalue weighted by Crippen LogP contribution is 2.34. The Morgan fingerprint density at radius 1 is 1.42 bits per heavy atom. The van der Waals surface area contributed by atoms with Crippen LogP contribution in [-0.4, -0.2) is 30.3 Å². The van der Waals surface area contributed by atoms with Gasteiger partial charge >= 0.3 is 0 Å². The van der Waals surface area contributed by atoms with Crippen molar-refractivity contribution in [3.8, 4) is 5.75 Å². The highest BCUT2D eigenvalue weighted by Gasteiger charge is 2.55. The molecule has 24 heavy (non-hydrogen) atoms. The van der Waals surface area contributed by atoms with Crippen molar-refractivity contribution < 1.29 is 19.0 Å². The van der Waals surface area contributed by atoms with Crippen LogP contribution in [0.25, 0.3) is 0 Å². The van der Waals surface area contributed by atoms with Crippen LogP contribution in [0.2, 0.25) is 0 Å². The van der Waals surface area contributed by atoms with Crippen molar-refractivity contribution in [2.24, 2.45) is 0 Å². The Bertz CT molecular complexity index is 757. The van der Waals surface area contributed by atoms with Crippen LogP contribution < -0.4 is 14.5 Å². The van der Waals surface area contributed by atoms with Gasteiger partial charge in [0.1, 0.15) is 11.5 Å². The van der Waals surface area contributed by atoms with Gasteiger partial charge in [0, 0.05) is 18.9 Å². The Hall–Kier alpha value is -2.34. The molecule has 2 fully saturated rings. The molecule has 0 radical (unpaired) electrons. The Morgan fingerprint density at radius 3 is 3.00 bits per heavy atom. The van der Waals surface area contributed by atoms with E-state index in [2.05, 4.69) is 11.2 Å². The number of fused-ring (bicyclic) bond motifs is 1. The standard InChI is InChI=1S/C18H21N3O3/c1-3-23-15-9-5-4-7-13(15)17-20-10-6-8-14(20)18(22)21(17)16-11-12(2)24-19-16/h4-5,7,9,11,14,17H,3,6,8,10H2,1-2H3/p+1. The summed E-state index contributed by atoms with van der Waals surface area (Å²) in [6, 6.07) is 9.82. The van der Waals surface area contributed by atoms with E-state index in [0.29, 0.717) is 18.2 Å². The molecular formula is C18H22N3O3+. The summed E-state index contributed by atoms with van der Waals surface area (Å²) >= 11 is 0. The van der Waals surface area contributed by atoms with Gasteiger partial charge in [0.05, 0.1) is 18.7 Å². The third kappa shape index (κ3) is 2.29. The summed E-state index contributed by atoms with van der Waals surface area (Å²) in [5, 5.41) is 4.10. The van der Waals surface area contributed by atoms with Gasteiger partial charge in [-0.25, -0.2) is 4.90 Å². The molecule has 2 saturated heterocycles. The molecule has 1 amide bonds. The lowest BCUT2D eigenvalue weighted by Crippen LogP contribution is -3.12. The van der Waals surface area contributed by atoms with Crippen LogP contribution in [0.1, 0.15) is 37.3 Å². The van der Waals surface area contributed by atoms with Crippen LogP contribution in [0.4, 0.5) is 5.82 Å². The molecule has 2 aliphatic heterocycles. The summed E-state index contributed by atoms with van der Waals surface area (Å²) < 4.78 is 11.1. The van der Waals surface area contributed by atoms with Gasteiger partial charge in [-0.1, -0.05) is 17.3 Å². The van der Waals surface area contributed by atoms with E-state index in [1.807, 2.05) is 38.1 Å². The number of para-hydroxylation sites is 1. The minimum Gasteiger partial charge on any atom is -0.493 e. The monoisotopic (exact) mass is 328 g/mol. The zero-order chi connectivity index (χ0) is 16.7. The average molecular weight is 328 g/mol. The van der Waals surface area contributed by atoms with Crippen molar-refractivity contribution in [1.29, 1.82) is 0 Å². The van der Waals surface area contributed by atoms with Gasteiger partial charge in [-0.2, -0.15) is 0 Å². The molecule has 0 spiro atoms. The van der Waals surface area contributed by atoms with Crippen LogP contribution >= 0.6 is 0 Å². The number of hydrogen-bond acceptors (Lipinski definition) is 4. The van der Waals surface area contributed by atoms with Gasteiger partial charge in [0.2, 0.25) is 6.17 Å². The molecule has 6 heteroatoms. The molecule has 1 aromatic carbocycles. The number of anilines is 1. The number of nitrogens with zero attached hydrogens (tertiary/aromatic N) is 2. The summed E-state index contributed by atoms with van der Waals surface area (Å²) in [5.74, 6) is 2.27. The summed E-state index contributed by atoms with van der Waals surface area (Å²) in [7, 11) is 0. The molecule has 0 aliphatic carbocycles. The predicted octanol–water partition coefficient (Wildman–Crippen LogP) is 1.47. The minimum absolute atomic E-state index is 0.00156. The predicted molar refractivity (Wildman–Crippen MR) is 87.9 cm³/mol. The number of amides is 1. The number of aromatic nitrogens is 1. The summed E-state index contributed by atoms with van der Waals surface area (Å²) in [6.07, 6.45) is 1.89. The number of nitrogens with one attached hydrogen (secondary N) is 1. The number of benzene rings is 1. The first-order chi connectivity index (χ1) is 11.7. The van der Waals surface area contributed by atoms with Crippen molar-refractivity contribution in [2.45, 2.75) is 38.9 Å². The normalized spacial score (nSPS) is 26.0. The molecule has 3 atom stereocenters. The number of aryl methyl sites for hydroxylation is 1. The number of ether oxygens (including phenoxy) is 1. The van der Waals surface area contributed by atoms with E-state index in [9.17, 15) is 4.79 Å². The largest absolute Gasteiger partial charge is 0.493 e. The molecule has 2 aromatic rings. The quantitative estimate of drug-likeness (QED) is 0.923. The molecule has 6 nitrogen and oxygen atoms in total. The Kier molecular flexibility index (Phi) is 3.76. The summed E-state index contributed by atoms with van der Waals surface area (Å²) in [5.41, 5.74) is 1.03. The van der Waals surface area contributed by atoms with E-state index in [1.165, 1.54) is 4.90 Å². The van der Waals surface area contributed by atoms with Crippen LogP contribution in [0.3, 0.4) is 0 Å². The van der Waals surface area contributed by atoms with Crippen LogP contribution in [0.15, 0.2) is 34.9 Å². The fourth-order valence-corrected chi connectivity index (χ4v) is 3.98. The van der Waals surface area contributed by atoms with Crippen molar-refractivity contribution >= 4 is 11.7 Å². The number of carbonyl (C=O) groups excluding carboxylic acids is 1. The molecule has 2 aliphatic rings. The lowest BCUT2D eigenvalue weighted by Gasteiger charge is -2.26. The second-order valence-corrected chi connectivity index (χ2v) is 6.40. The van der Waals surface area contributed by atoms with E-state index >= 15 is 0 Å². The van der Waals surface area contributed by atoms with Gasteiger partial charge in [0.15, 0.2) is 11.9 Å². The Labute approximate surface area is 141 Å². The first-order valence-corrected chi connectivity index (χ1v) is 8.54. The second kappa shape index (κ2) is 5.94. The van der Waals surface area contributed by atoms with E-state index in [1.54, 1.807) is 4.90 Å². The van der Waals surface area contributed by atoms with Gasteiger partial charge in [-0.15, -0.1) is 0 Å². The molecule has 3 heterocycles. The second-order valence-electron chi connectivity index (χ2n) is 6.40. The Balaban J connectivity index is 1.82. The zero-order valence-corrected chi connectivity index (χ0v) is 14.0.